The molecule has 1 N–H and O–H groups in total. The molecule has 0 spiro atoms. The summed E-state index contributed by atoms with van der Waals surface area (Å²) in [7, 11) is 0. The summed E-state index contributed by atoms with van der Waals surface area (Å²) < 4.78 is 1.94. The first-order valence-electron chi connectivity index (χ1n) is 7.63. The van der Waals surface area contributed by atoms with E-state index in [-0.39, 0.29) is 5.91 Å². The summed E-state index contributed by atoms with van der Waals surface area (Å²) in [6, 6.07) is 3.92. The van der Waals surface area contributed by atoms with Gasteiger partial charge in [-0.15, -0.1) is 0 Å². The first-order chi connectivity index (χ1) is 10.2. The first-order valence-corrected chi connectivity index (χ1v) is 8.44. The molecule has 0 atom stereocenters. The van der Waals surface area contributed by atoms with Gasteiger partial charge in [0.1, 0.15) is 4.88 Å². The number of nitrogens with zero attached hydrogens (tertiary/aromatic N) is 2. The van der Waals surface area contributed by atoms with E-state index in [0.717, 1.165) is 22.2 Å². The minimum atomic E-state index is 0.0222. The lowest BCUT2D eigenvalue weighted by Gasteiger charge is -2.21. The third-order valence-corrected chi connectivity index (χ3v) is 5.26. The Labute approximate surface area is 129 Å². The standard InChI is InChI=1S/C16H21N3OS/c1-12-14(21-16(18-12)19-9-5-6-10-19)15(20)17-11-13-7-3-2-4-8-13/h5-6,9-10,13H,2-4,7-8,11H2,1H3,(H,17,20). The van der Waals surface area contributed by atoms with Crippen molar-refractivity contribution in [3.8, 4) is 5.13 Å². The summed E-state index contributed by atoms with van der Waals surface area (Å²) in [6.45, 7) is 2.70. The second-order valence-electron chi connectivity index (χ2n) is 5.72. The molecular formula is C16H21N3OS. The molecule has 1 fully saturated rings. The Kier molecular flexibility index (Phi) is 4.39. The van der Waals surface area contributed by atoms with Gasteiger partial charge in [-0.1, -0.05) is 30.6 Å². The number of aromatic nitrogens is 2. The van der Waals surface area contributed by atoms with Gasteiger partial charge in [0.05, 0.1) is 5.69 Å². The summed E-state index contributed by atoms with van der Waals surface area (Å²) in [6.07, 6.45) is 10.3. The van der Waals surface area contributed by atoms with Crippen molar-refractivity contribution in [3.05, 3.63) is 35.1 Å². The Morgan fingerprint density at radius 2 is 2.05 bits per heavy atom. The highest BCUT2D eigenvalue weighted by atomic mass is 32.1. The highest BCUT2D eigenvalue weighted by Crippen LogP contribution is 2.24. The number of carbonyl (C=O) groups is 1. The third-order valence-electron chi connectivity index (χ3n) is 4.09. The van der Waals surface area contributed by atoms with Crippen LogP contribution in [0.5, 0.6) is 0 Å². The molecule has 0 bridgehead atoms. The Morgan fingerprint density at radius 3 is 2.76 bits per heavy atom. The molecule has 1 amide bonds. The van der Waals surface area contributed by atoms with E-state index < -0.39 is 0 Å². The predicted octanol–water partition coefficient (Wildman–Crippen LogP) is 3.55. The maximum Gasteiger partial charge on any atom is 0.263 e. The van der Waals surface area contributed by atoms with Crippen LogP contribution in [-0.2, 0) is 0 Å². The average Bonchev–Trinajstić information content (AvgIpc) is 3.15. The predicted molar refractivity (Wildman–Crippen MR) is 85.1 cm³/mol. The van der Waals surface area contributed by atoms with Crippen LogP contribution in [0.2, 0.25) is 0 Å². The molecule has 112 valence electrons. The number of rotatable bonds is 4. The number of amides is 1. The van der Waals surface area contributed by atoms with Crippen molar-refractivity contribution in [2.75, 3.05) is 6.54 Å². The highest BCUT2D eigenvalue weighted by molar-refractivity contribution is 7.16. The number of nitrogens with one attached hydrogen (secondary N) is 1. The quantitative estimate of drug-likeness (QED) is 0.939. The maximum absolute atomic E-state index is 12.3. The second-order valence-corrected chi connectivity index (χ2v) is 6.69. The van der Waals surface area contributed by atoms with Crippen LogP contribution in [0.4, 0.5) is 0 Å². The topological polar surface area (TPSA) is 46.9 Å². The van der Waals surface area contributed by atoms with Crippen LogP contribution in [0.1, 0.15) is 47.5 Å². The highest BCUT2D eigenvalue weighted by Gasteiger charge is 2.18. The van der Waals surface area contributed by atoms with Crippen LogP contribution in [0, 0.1) is 12.8 Å². The molecule has 0 aliphatic heterocycles. The number of carbonyl (C=O) groups excluding carboxylic acids is 1. The van der Waals surface area contributed by atoms with Gasteiger partial charge in [0.25, 0.3) is 5.91 Å². The largest absolute Gasteiger partial charge is 0.351 e. The smallest absolute Gasteiger partial charge is 0.263 e. The van der Waals surface area contributed by atoms with E-state index in [4.69, 9.17) is 0 Å². The molecule has 0 saturated heterocycles. The van der Waals surface area contributed by atoms with Gasteiger partial charge in [0.2, 0.25) is 0 Å². The normalized spacial score (nSPS) is 16.0. The fourth-order valence-corrected chi connectivity index (χ4v) is 3.82. The number of thiazole rings is 1. The van der Waals surface area contributed by atoms with Crippen molar-refractivity contribution in [3.63, 3.8) is 0 Å². The Bertz CT molecular complexity index is 597. The minimum Gasteiger partial charge on any atom is -0.351 e. The fourth-order valence-electron chi connectivity index (χ4n) is 2.87. The number of hydrogen-bond donors (Lipinski definition) is 1. The van der Waals surface area contributed by atoms with Gasteiger partial charge in [-0.3, -0.25) is 4.79 Å². The average molecular weight is 303 g/mol. The van der Waals surface area contributed by atoms with E-state index in [1.165, 1.54) is 43.4 Å². The molecule has 3 rings (SSSR count). The van der Waals surface area contributed by atoms with E-state index >= 15 is 0 Å². The van der Waals surface area contributed by atoms with Crippen molar-refractivity contribution >= 4 is 17.2 Å². The van der Waals surface area contributed by atoms with Crippen LogP contribution in [-0.4, -0.2) is 22.0 Å². The van der Waals surface area contributed by atoms with Gasteiger partial charge < -0.3 is 9.88 Å². The molecule has 2 aromatic rings. The molecule has 2 aromatic heterocycles. The lowest BCUT2D eigenvalue weighted by Crippen LogP contribution is -2.30. The van der Waals surface area contributed by atoms with Crippen molar-refractivity contribution in [2.24, 2.45) is 5.92 Å². The van der Waals surface area contributed by atoms with Crippen LogP contribution in [0.3, 0.4) is 0 Å². The second kappa shape index (κ2) is 6.43. The molecular weight excluding hydrogens is 282 g/mol. The van der Waals surface area contributed by atoms with Gasteiger partial charge in [-0.25, -0.2) is 4.98 Å². The third kappa shape index (κ3) is 3.35. The summed E-state index contributed by atoms with van der Waals surface area (Å²) in [4.78, 5) is 17.6. The van der Waals surface area contributed by atoms with Gasteiger partial charge in [-0.05, 0) is 37.8 Å². The zero-order valence-corrected chi connectivity index (χ0v) is 13.2. The molecule has 21 heavy (non-hydrogen) atoms. The number of aryl methyl sites for hydroxylation is 1. The molecule has 1 saturated carbocycles. The van der Waals surface area contributed by atoms with Crippen LogP contribution in [0.15, 0.2) is 24.5 Å². The van der Waals surface area contributed by atoms with E-state index in [1.807, 2.05) is 36.0 Å². The lowest BCUT2D eigenvalue weighted by molar-refractivity contribution is 0.0947. The zero-order valence-electron chi connectivity index (χ0n) is 12.3. The van der Waals surface area contributed by atoms with Crippen molar-refractivity contribution in [1.29, 1.82) is 0 Å². The SMILES string of the molecule is Cc1nc(-n2cccc2)sc1C(=O)NCC1CCCCC1. The first kappa shape index (κ1) is 14.3. The molecule has 0 aromatic carbocycles. The summed E-state index contributed by atoms with van der Waals surface area (Å²) >= 11 is 1.45. The van der Waals surface area contributed by atoms with Gasteiger partial charge in [0.15, 0.2) is 5.13 Å². The summed E-state index contributed by atoms with van der Waals surface area (Å²) in [5.41, 5.74) is 0.810. The Morgan fingerprint density at radius 1 is 1.33 bits per heavy atom. The molecule has 0 radical (unpaired) electrons. The summed E-state index contributed by atoms with van der Waals surface area (Å²) in [5.74, 6) is 0.675. The van der Waals surface area contributed by atoms with Crippen LogP contribution >= 0.6 is 11.3 Å². The molecule has 1 aliphatic carbocycles. The summed E-state index contributed by atoms with van der Waals surface area (Å²) in [5, 5.41) is 3.94. The van der Waals surface area contributed by atoms with Crippen molar-refractivity contribution < 1.29 is 4.79 Å². The molecule has 5 heteroatoms. The van der Waals surface area contributed by atoms with Crippen molar-refractivity contribution in [2.45, 2.75) is 39.0 Å². The Hall–Kier alpha value is -1.62. The molecule has 2 heterocycles. The van der Waals surface area contributed by atoms with Gasteiger partial charge in [0, 0.05) is 18.9 Å². The minimum absolute atomic E-state index is 0.0222. The van der Waals surface area contributed by atoms with E-state index in [1.54, 1.807) is 0 Å². The van der Waals surface area contributed by atoms with Crippen molar-refractivity contribution in [1.82, 2.24) is 14.9 Å². The van der Waals surface area contributed by atoms with Gasteiger partial charge in [-0.2, -0.15) is 0 Å². The molecule has 4 nitrogen and oxygen atoms in total. The zero-order chi connectivity index (χ0) is 14.7. The molecule has 1 aliphatic rings. The number of hydrogen-bond acceptors (Lipinski definition) is 3. The fraction of sp³-hybridized carbons (Fsp3) is 0.500. The van der Waals surface area contributed by atoms with Gasteiger partial charge >= 0.3 is 0 Å². The van der Waals surface area contributed by atoms with E-state index in [0.29, 0.717) is 5.92 Å². The monoisotopic (exact) mass is 303 g/mol. The molecule has 0 unspecified atom stereocenters. The lowest BCUT2D eigenvalue weighted by atomic mass is 9.89. The van der Waals surface area contributed by atoms with E-state index in [9.17, 15) is 4.79 Å². The van der Waals surface area contributed by atoms with Crippen LogP contribution in [0.25, 0.3) is 5.13 Å². The van der Waals surface area contributed by atoms with E-state index in [2.05, 4.69) is 10.3 Å². The van der Waals surface area contributed by atoms with Crippen LogP contribution < -0.4 is 5.32 Å². The Balaban J connectivity index is 1.64. The maximum atomic E-state index is 12.3.